The number of aryl methyl sites for hydroxylation is 2. The molecule has 3 aromatic rings. The van der Waals surface area contributed by atoms with E-state index < -0.39 is 13.9 Å². The number of aliphatic hydroxyl groups is 1. The van der Waals surface area contributed by atoms with Crippen LogP contribution >= 0.6 is 0 Å². The number of rotatable bonds is 7. The van der Waals surface area contributed by atoms with E-state index in [1.807, 2.05) is 68.7 Å². The molecule has 1 saturated heterocycles. The fourth-order valence-electron chi connectivity index (χ4n) is 7.23. The van der Waals surface area contributed by atoms with Crippen LogP contribution in [0.4, 0.5) is 17.1 Å². The van der Waals surface area contributed by atoms with Crippen molar-refractivity contribution in [1.29, 1.82) is 0 Å². The van der Waals surface area contributed by atoms with Crippen molar-refractivity contribution in [2.45, 2.75) is 69.5 Å². The van der Waals surface area contributed by atoms with Gasteiger partial charge in [0.1, 0.15) is 0 Å². The maximum absolute atomic E-state index is 14.1. The van der Waals surface area contributed by atoms with Gasteiger partial charge in [0.2, 0.25) is 5.91 Å². The van der Waals surface area contributed by atoms with Gasteiger partial charge in [-0.15, -0.1) is 5.10 Å². The highest BCUT2D eigenvalue weighted by molar-refractivity contribution is 6.71. The number of carbonyl (C=O) groups is 2. The van der Waals surface area contributed by atoms with Crippen LogP contribution in [0.2, 0.25) is 18.6 Å². The Balaban J connectivity index is 1.39. The Kier molecular flexibility index (Phi) is 6.88. The fourth-order valence-corrected chi connectivity index (χ4v) is 9.83. The summed E-state index contributed by atoms with van der Waals surface area (Å²) in [5.74, 6) is -0.432. The van der Waals surface area contributed by atoms with E-state index in [0.717, 1.165) is 22.5 Å². The number of benzene rings is 2. The predicted octanol–water partition coefficient (Wildman–Crippen LogP) is 3.29. The summed E-state index contributed by atoms with van der Waals surface area (Å²) >= 11 is 0. The third-order valence-electron chi connectivity index (χ3n) is 9.04. The van der Waals surface area contributed by atoms with Crippen LogP contribution in [0.15, 0.2) is 48.7 Å². The molecule has 2 N–H and O–H groups in total. The molecule has 4 atom stereocenters. The summed E-state index contributed by atoms with van der Waals surface area (Å²) in [7, 11) is -1.05. The Labute approximate surface area is 240 Å². The van der Waals surface area contributed by atoms with Crippen LogP contribution < -0.4 is 9.80 Å². The van der Waals surface area contributed by atoms with Crippen molar-refractivity contribution in [3.63, 3.8) is 0 Å². The van der Waals surface area contributed by atoms with Crippen LogP contribution in [0, 0.1) is 5.92 Å². The molecule has 1 fully saturated rings. The zero-order valence-corrected chi connectivity index (χ0v) is 24.9. The van der Waals surface area contributed by atoms with Gasteiger partial charge in [-0.25, -0.2) is 0 Å². The monoisotopic (exact) mass is 575 g/mol. The van der Waals surface area contributed by atoms with Crippen molar-refractivity contribution in [2.24, 2.45) is 5.92 Å². The topological polar surface area (TPSA) is 121 Å². The maximum atomic E-state index is 14.1. The number of ether oxygens (including phenoxy) is 1. The molecule has 0 aliphatic carbocycles. The van der Waals surface area contributed by atoms with E-state index >= 15 is 0 Å². The Morgan fingerprint density at radius 3 is 2.66 bits per heavy atom. The van der Waals surface area contributed by atoms with Gasteiger partial charge in [-0.2, -0.15) is 0 Å². The van der Waals surface area contributed by atoms with Crippen LogP contribution in [-0.4, -0.2) is 64.8 Å². The molecular formula is C30H37N5O5Si. The summed E-state index contributed by atoms with van der Waals surface area (Å²) in [5, 5.41) is 17.5. The normalized spacial score (nSPS) is 25.8. The molecule has 0 radical (unpaired) electrons. The molecule has 1 aromatic heterocycles. The number of hydrogen-bond donors (Lipinski definition) is 2. The van der Waals surface area contributed by atoms with Gasteiger partial charge >= 0.3 is 0 Å². The van der Waals surface area contributed by atoms with Crippen LogP contribution in [0.3, 0.4) is 0 Å². The average molecular weight is 576 g/mol. The molecule has 0 unspecified atom stereocenters. The highest BCUT2D eigenvalue weighted by Crippen LogP contribution is 2.60. The SMILES string of the molecule is C[C@@H]1[C@@H]([Si](C)(C)O)[C@H](CCn2cc(CCO)nn2)O[C@@]12C(=O)N(C)c1ccc(N3C(=O)CCc4ccccc43)cc12. The third kappa shape index (κ3) is 4.42. The van der Waals surface area contributed by atoms with E-state index in [9.17, 15) is 19.5 Å². The van der Waals surface area contributed by atoms with Gasteiger partial charge < -0.3 is 19.5 Å². The molecular weight excluding hydrogens is 538 g/mol. The van der Waals surface area contributed by atoms with Gasteiger partial charge in [0, 0.05) is 61.9 Å². The molecule has 2 aromatic carbocycles. The number of likely N-dealkylation sites (N-methyl/N-ethyl adjacent to an activating group) is 1. The number of fused-ring (bicyclic) bond motifs is 3. The summed E-state index contributed by atoms with van der Waals surface area (Å²) in [6, 6.07) is 13.7. The number of carbonyl (C=O) groups excluding carboxylic acids is 2. The first kappa shape index (κ1) is 27.8. The largest absolute Gasteiger partial charge is 0.432 e. The number of para-hydroxylation sites is 1. The Morgan fingerprint density at radius 2 is 1.90 bits per heavy atom. The highest BCUT2D eigenvalue weighted by Gasteiger charge is 2.65. The number of aliphatic hydroxyl groups excluding tert-OH is 1. The Hall–Kier alpha value is -3.38. The van der Waals surface area contributed by atoms with Gasteiger partial charge in [0.25, 0.3) is 5.91 Å². The minimum Gasteiger partial charge on any atom is -0.432 e. The number of aromatic nitrogens is 3. The molecule has 41 heavy (non-hydrogen) atoms. The number of hydrogen-bond acceptors (Lipinski definition) is 7. The van der Waals surface area contributed by atoms with E-state index in [4.69, 9.17) is 4.74 Å². The maximum Gasteiger partial charge on any atom is 0.264 e. The van der Waals surface area contributed by atoms with Crippen LogP contribution in [0.1, 0.15) is 36.6 Å². The second kappa shape index (κ2) is 10.2. The van der Waals surface area contributed by atoms with E-state index in [-0.39, 0.29) is 36.0 Å². The molecule has 11 heteroatoms. The van der Waals surface area contributed by atoms with Gasteiger partial charge in [-0.05, 0) is 55.8 Å². The predicted molar refractivity (Wildman–Crippen MR) is 156 cm³/mol. The molecule has 0 saturated carbocycles. The lowest BCUT2D eigenvalue weighted by atomic mass is 9.82. The molecule has 0 bridgehead atoms. The molecule has 4 heterocycles. The van der Waals surface area contributed by atoms with E-state index in [2.05, 4.69) is 10.3 Å². The second-order valence-electron chi connectivity index (χ2n) is 12.0. The number of anilines is 3. The molecule has 3 aliphatic rings. The zero-order chi connectivity index (χ0) is 29.1. The molecule has 3 aliphatic heterocycles. The fraction of sp³-hybridized carbons (Fsp3) is 0.467. The second-order valence-corrected chi connectivity index (χ2v) is 16.0. The van der Waals surface area contributed by atoms with Crippen LogP contribution in [-0.2, 0) is 39.3 Å². The lowest BCUT2D eigenvalue weighted by Gasteiger charge is -2.33. The van der Waals surface area contributed by atoms with Crippen molar-refractivity contribution in [1.82, 2.24) is 15.0 Å². The lowest BCUT2D eigenvalue weighted by Crippen LogP contribution is -2.45. The van der Waals surface area contributed by atoms with E-state index in [1.165, 1.54) is 0 Å². The van der Waals surface area contributed by atoms with Gasteiger partial charge in [-0.3, -0.25) is 19.2 Å². The molecule has 6 rings (SSSR count). The minimum absolute atomic E-state index is 0.00246. The van der Waals surface area contributed by atoms with E-state index in [0.29, 0.717) is 43.6 Å². The molecule has 216 valence electrons. The summed E-state index contributed by atoms with van der Waals surface area (Å²) in [6.45, 7) is 6.33. The van der Waals surface area contributed by atoms with Gasteiger partial charge in [0.15, 0.2) is 13.9 Å². The van der Waals surface area contributed by atoms with Crippen LogP contribution in [0.25, 0.3) is 0 Å². The van der Waals surface area contributed by atoms with E-state index in [1.54, 1.807) is 21.5 Å². The zero-order valence-electron chi connectivity index (χ0n) is 23.9. The van der Waals surface area contributed by atoms with Crippen LogP contribution in [0.5, 0.6) is 0 Å². The van der Waals surface area contributed by atoms with Crippen molar-refractivity contribution < 1.29 is 24.2 Å². The van der Waals surface area contributed by atoms with Gasteiger partial charge in [-0.1, -0.05) is 30.3 Å². The standard InChI is InChI=1S/C30H37N5O5Si/c1-19-28(41(3,4)39)26(13-15-34-18-21(14-16-36)31-32-34)40-30(19)23-17-22(10-11-25(23)33(2)29(30)38)35-24-8-6-5-7-20(24)9-12-27(35)37/h5-8,10-11,17-19,26,28,36,39H,9,12-16H2,1-4H3/t19-,26+,28-,30+/m1/s1. The molecule has 10 nitrogen and oxygen atoms in total. The Bertz CT molecular complexity index is 1500. The van der Waals surface area contributed by atoms with Crippen molar-refractivity contribution >= 4 is 37.2 Å². The van der Waals surface area contributed by atoms with Gasteiger partial charge in [0.05, 0.1) is 23.2 Å². The highest BCUT2D eigenvalue weighted by atomic mass is 28.4. The summed E-state index contributed by atoms with van der Waals surface area (Å²) in [6.07, 6.45) is 3.52. The third-order valence-corrected chi connectivity index (χ3v) is 11.5. The summed E-state index contributed by atoms with van der Waals surface area (Å²) < 4.78 is 8.59. The number of amides is 2. The quantitative estimate of drug-likeness (QED) is 0.415. The average Bonchev–Trinajstić information content (AvgIpc) is 3.58. The Morgan fingerprint density at radius 1 is 1.12 bits per heavy atom. The van der Waals surface area contributed by atoms with Crippen molar-refractivity contribution in [3.05, 3.63) is 65.5 Å². The molecule has 1 spiro atoms. The first-order valence-electron chi connectivity index (χ1n) is 14.3. The first-order chi connectivity index (χ1) is 19.6. The first-order valence-corrected chi connectivity index (χ1v) is 17.3. The lowest BCUT2D eigenvalue weighted by molar-refractivity contribution is -0.145. The molecule has 2 amide bonds. The van der Waals surface area contributed by atoms with Crippen molar-refractivity contribution in [3.8, 4) is 0 Å². The summed E-state index contributed by atoms with van der Waals surface area (Å²) in [5.41, 5.74) is 3.40. The van der Waals surface area contributed by atoms with Crippen molar-refractivity contribution in [2.75, 3.05) is 23.5 Å². The minimum atomic E-state index is -2.81. The summed E-state index contributed by atoms with van der Waals surface area (Å²) in [4.78, 5) is 42.2. The smallest absolute Gasteiger partial charge is 0.264 e. The number of nitrogens with zero attached hydrogens (tertiary/aromatic N) is 5.